The summed E-state index contributed by atoms with van der Waals surface area (Å²) in [5.41, 5.74) is 2.15. The molecule has 7 nitrogen and oxygen atoms in total. The molecule has 158 valence electrons. The predicted molar refractivity (Wildman–Crippen MR) is 115 cm³/mol. The van der Waals surface area contributed by atoms with Crippen LogP contribution in [0.15, 0.2) is 35.3 Å². The minimum atomic E-state index is -0.278. The number of rotatable bonds is 5. The number of Topliss-reactive ketones (excluding diaryl/α,β-unsaturated/α-hetero) is 1. The van der Waals surface area contributed by atoms with Gasteiger partial charge < -0.3 is 14.4 Å². The summed E-state index contributed by atoms with van der Waals surface area (Å²) in [5.74, 6) is 0.427. The molecular weight excluding hydrogens is 382 g/mol. The fourth-order valence-electron chi connectivity index (χ4n) is 4.10. The third kappa shape index (κ3) is 3.33. The highest BCUT2D eigenvalue weighted by molar-refractivity contribution is 5.97. The number of carbonyl (C=O) groups is 1. The maximum Gasteiger partial charge on any atom is 0.193 e. The maximum atomic E-state index is 12.7. The minimum absolute atomic E-state index is 0.0202. The summed E-state index contributed by atoms with van der Waals surface area (Å²) < 4.78 is 9.85. The van der Waals surface area contributed by atoms with E-state index < -0.39 is 0 Å². The van der Waals surface area contributed by atoms with Crippen LogP contribution in [-0.4, -0.2) is 38.5 Å². The largest absolute Gasteiger partial charge is 0.491 e. The number of aromatic nitrogens is 3. The van der Waals surface area contributed by atoms with Gasteiger partial charge in [0.15, 0.2) is 11.2 Å². The van der Waals surface area contributed by atoms with Crippen LogP contribution in [0.25, 0.3) is 22.3 Å². The first-order chi connectivity index (χ1) is 14.2. The van der Waals surface area contributed by atoms with Gasteiger partial charge in [-0.3, -0.25) is 14.3 Å². The highest BCUT2D eigenvalue weighted by atomic mass is 16.5. The normalized spacial score (nSPS) is 15.7. The molecule has 3 heterocycles. The molecule has 0 bridgehead atoms. The molecule has 1 aromatic carbocycles. The third-order valence-corrected chi connectivity index (χ3v) is 5.68. The molecule has 7 heteroatoms. The van der Waals surface area contributed by atoms with Gasteiger partial charge in [0.2, 0.25) is 0 Å². The van der Waals surface area contributed by atoms with Gasteiger partial charge in [-0.1, -0.05) is 32.9 Å². The summed E-state index contributed by atoms with van der Waals surface area (Å²) in [6.45, 7) is 8.95. The fraction of sp³-hybridized carbons (Fsp3) is 0.435. The Labute approximate surface area is 174 Å². The lowest BCUT2D eigenvalue weighted by Crippen LogP contribution is -2.35. The maximum absolute atomic E-state index is 12.7. The van der Waals surface area contributed by atoms with Gasteiger partial charge in [-0.25, -0.2) is 0 Å². The fourth-order valence-corrected chi connectivity index (χ4v) is 4.10. The van der Waals surface area contributed by atoms with E-state index in [2.05, 4.69) is 25.3 Å². The Bertz CT molecular complexity index is 1180. The molecular formula is C23H27N3O4. The first kappa shape index (κ1) is 20.3. The van der Waals surface area contributed by atoms with Crippen molar-refractivity contribution >= 4 is 16.7 Å². The summed E-state index contributed by atoms with van der Waals surface area (Å²) in [6.07, 6.45) is 2.25. The highest BCUT2D eigenvalue weighted by Crippen LogP contribution is 2.43. The van der Waals surface area contributed by atoms with Crippen LogP contribution in [0.1, 0.15) is 50.5 Å². The second-order valence-corrected chi connectivity index (χ2v) is 8.89. The Kier molecular flexibility index (Phi) is 5.02. The zero-order valence-corrected chi connectivity index (χ0v) is 17.8. The van der Waals surface area contributed by atoms with Crippen molar-refractivity contribution < 1.29 is 14.6 Å². The van der Waals surface area contributed by atoms with Gasteiger partial charge in [0.05, 0.1) is 36.1 Å². The SMILES string of the molecule is CC(=O)c1cn2c(cc1=O)-c1c3cccc(OCCCO)c3nn1CC2C(C)(C)C. The summed E-state index contributed by atoms with van der Waals surface area (Å²) in [6, 6.07) is 7.32. The molecule has 0 radical (unpaired) electrons. The van der Waals surface area contributed by atoms with Gasteiger partial charge in [0.25, 0.3) is 0 Å². The molecule has 0 fully saturated rings. The van der Waals surface area contributed by atoms with Crippen molar-refractivity contribution in [3.63, 3.8) is 0 Å². The number of fused-ring (bicyclic) bond motifs is 5. The number of aliphatic hydroxyl groups is 1. The van der Waals surface area contributed by atoms with E-state index in [1.807, 2.05) is 22.9 Å². The van der Waals surface area contributed by atoms with E-state index >= 15 is 0 Å². The average molecular weight is 409 g/mol. The summed E-state index contributed by atoms with van der Waals surface area (Å²) >= 11 is 0. The molecule has 1 aliphatic rings. The van der Waals surface area contributed by atoms with Crippen molar-refractivity contribution in [2.45, 2.75) is 46.7 Å². The van der Waals surface area contributed by atoms with Crippen molar-refractivity contribution in [2.75, 3.05) is 13.2 Å². The number of aliphatic hydroxyl groups excluding tert-OH is 1. The quantitative estimate of drug-likeness (QED) is 0.515. The van der Waals surface area contributed by atoms with Crippen LogP contribution < -0.4 is 10.2 Å². The van der Waals surface area contributed by atoms with Gasteiger partial charge in [-0.2, -0.15) is 5.10 Å². The van der Waals surface area contributed by atoms with Crippen molar-refractivity contribution in [3.8, 4) is 17.1 Å². The lowest BCUT2D eigenvalue weighted by Gasteiger charge is -2.38. The van der Waals surface area contributed by atoms with E-state index in [1.165, 1.54) is 6.92 Å². The zero-order valence-electron chi connectivity index (χ0n) is 17.8. The molecule has 0 aliphatic carbocycles. The second-order valence-electron chi connectivity index (χ2n) is 8.89. The minimum Gasteiger partial charge on any atom is -0.491 e. The van der Waals surface area contributed by atoms with E-state index in [-0.39, 0.29) is 34.8 Å². The van der Waals surface area contributed by atoms with Crippen LogP contribution in [0.5, 0.6) is 5.75 Å². The number of carbonyl (C=O) groups excluding carboxylic acids is 1. The Balaban J connectivity index is 1.96. The van der Waals surface area contributed by atoms with E-state index in [0.29, 0.717) is 25.3 Å². The summed E-state index contributed by atoms with van der Waals surface area (Å²) in [4.78, 5) is 24.7. The predicted octanol–water partition coefficient (Wildman–Crippen LogP) is 3.43. The number of hydrogen-bond acceptors (Lipinski definition) is 5. The number of hydrogen-bond donors (Lipinski definition) is 1. The van der Waals surface area contributed by atoms with Crippen LogP contribution in [0.2, 0.25) is 0 Å². The van der Waals surface area contributed by atoms with Gasteiger partial charge in [0.1, 0.15) is 11.3 Å². The van der Waals surface area contributed by atoms with Crippen molar-refractivity contribution in [2.24, 2.45) is 5.41 Å². The molecule has 0 spiro atoms. The Morgan fingerprint density at radius 1 is 1.33 bits per heavy atom. The first-order valence-corrected chi connectivity index (χ1v) is 10.2. The first-order valence-electron chi connectivity index (χ1n) is 10.2. The number of ether oxygens (including phenoxy) is 1. The molecule has 1 aliphatic heterocycles. The van der Waals surface area contributed by atoms with Crippen molar-refractivity contribution in [1.82, 2.24) is 14.3 Å². The molecule has 1 N–H and O–H groups in total. The number of ketones is 1. The van der Waals surface area contributed by atoms with E-state index in [4.69, 9.17) is 14.9 Å². The van der Waals surface area contributed by atoms with E-state index in [9.17, 15) is 9.59 Å². The number of pyridine rings is 1. The smallest absolute Gasteiger partial charge is 0.193 e. The van der Waals surface area contributed by atoms with Crippen LogP contribution in [0.4, 0.5) is 0 Å². The van der Waals surface area contributed by atoms with Gasteiger partial charge >= 0.3 is 0 Å². The third-order valence-electron chi connectivity index (χ3n) is 5.68. The molecule has 2 aromatic heterocycles. The molecule has 1 unspecified atom stereocenters. The molecule has 1 atom stereocenters. The average Bonchev–Trinajstić information content (AvgIpc) is 3.06. The lowest BCUT2D eigenvalue weighted by molar-refractivity contribution is 0.101. The van der Waals surface area contributed by atoms with Gasteiger partial charge in [-0.15, -0.1) is 0 Å². The Morgan fingerprint density at radius 3 is 2.77 bits per heavy atom. The molecule has 0 amide bonds. The zero-order chi connectivity index (χ0) is 21.6. The summed E-state index contributed by atoms with van der Waals surface area (Å²) in [7, 11) is 0. The van der Waals surface area contributed by atoms with Crippen LogP contribution in [-0.2, 0) is 6.54 Å². The number of benzene rings is 1. The van der Waals surface area contributed by atoms with E-state index in [0.717, 1.165) is 22.3 Å². The van der Waals surface area contributed by atoms with Crippen LogP contribution in [0.3, 0.4) is 0 Å². The standard InChI is InChI=1S/C23H27N3O4/c1-14(28)16-12-25-17(11-18(16)29)22-15-7-5-8-19(30-10-6-9-27)21(15)24-26(22)13-20(25)23(2,3)4/h5,7-8,11-12,20,27H,6,9-10,13H2,1-4H3. The second kappa shape index (κ2) is 7.40. The molecule has 0 saturated carbocycles. The van der Waals surface area contributed by atoms with Gasteiger partial charge in [-0.05, 0) is 18.4 Å². The monoisotopic (exact) mass is 409 g/mol. The van der Waals surface area contributed by atoms with E-state index in [1.54, 1.807) is 12.3 Å². The van der Waals surface area contributed by atoms with Crippen LogP contribution >= 0.6 is 0 Å². The Morgan fingerprint density at radius 2 is 2.10 bits per heavy atom. The molecule has 4 rings (SSSR count). The summed E-state index contributed by atoms with van der Waals surface area (Å²) in [5, 5.41) is 14.8. The topological polar surface area (TPSA) is 86.3 Å². The van der Waals surface area contributed by atoms with Gasteiger partial charge in [0, 0.05) is 30.7 Å². The van der Waals surface area contributed by atoms with Crippen molar-refractivity contribution in [1.29, 1.82) is 0 Å². The van der Waals surface area contributed by atoms with Crippen LogP contribution in [0, 0.1) is 5.41 Å². The number of nitrogens with zero attached hydrogens (tertiary/aromatic N) is 3. The molecule has 3 aromatic rings. The highest BCUT2D eigenvalue weighted by Gasteiger charge is 2.35. The Hall–Kier alpha value is -2.93. The van der Waals surface area contributed by atoms with Crippen molar-refractivity contribution in [3.05, 3.63) is 46.2 Å². The lowest BCUT2D eigenvalue weighted by atomic mass is 9.84. The molecule has 0 saturated heterocycles. The molecule has 30 heavy (non-hydrogen) atoms.